The van der Waals surface area contributed by atoms with Crippen molar-refractivity contribution in [2.45, 2.75) is 37.5 Å². The minimum absolute atomic E-state index is 0.221. The van der Waals surface area contributed by atoms with Gasteiger partial charge in [-0.05, 0) is 56.2 Å². The van der Waals surface area contributed by atoms with Crippen molar-refractivity contribution < 1.29 is 17.6 Å². The number of rotatable bonds is 4. The van der Waals surface area contributed by atoms with Crippen LogP contribution in [-0.2, 0) is 10.0 Å². The van der Waals surface area contributed by atoms with E-state index in [1.165, 1.54) is 12.1 Å². The topological polar surface area (TPSA) is 79.6 Å². The first-order valence-electron chi connectivity index (χ1n) is 8.45. The second-order valence-electron chi connectivity index (χ2n) is 6.21. The summed E-state index contributed by atoms with van der Waals surface area (Å²) in [5.74, 6) is 0.513. The quantitative estimate of drug-likeness (QED) is 0.904. The van der Waals surface area contributed by atoms with E-state index in [9.17, 15) is 13.2 Å². The van der Waals surface area contributed by atoms with Gasteiger partial charge in [0.15, 0.2) is 5.76 Å². The van der Waals surface area contributed by atoms with Crippen molar-refractivity contribution in [2.24, 2.45) is 0 Å². The molecule has 1 aliphatic rings. The van der Waals surface area contributed by atoms with E-state index in [1.807, 2.05) is 0 Å². The fourth-order valence-electron chi connectivity index (χ4n) is 2.89. The third-order valence-electron chi connectivity index (χ3n) is 4.28. The molecule has 1 saturated heterocycles. The van der Waals surface area contributed by atoms with Crippen LogP contribution in [0.5, 0.6) is 0 Å². The van der Waals surface area contributed by atoms with Gasteiger partial charge in [-0.1, -0.05) is 12.8 Å². The Morgan fingerprint density at radius 3 is 2.20 bits per heavy atom. The first kappa shape index (κ1) is 17.7. The van der Waals surface area contributed by atoms with E-state index >= 15 is 0 Å². The molecule has 2 heterocycles. The minimum atomic E-state index is -3.48. The van der Waals surface area contributed by atoms with Crippen molar-refractivity contribution in [2.75, 3.05) is 18.4 Å². The summed E-state index contributed by atoms with van der Waals surface area (Å²) in [6.07, 6.45) is 3.94. The highest BCUT2D eigenvalue weighted by Gasteiger charge is 2.25. The highest BCUT2D eigenvalue weighted by Crippen LogP contribution is 2.22. The molecule has 0 unspecified atom stereocenters. The van der Waals surface area contributed by atoms with Gasteiger partial charge in [0.2, 0.25) is 10.0 Å². The van der Waals surface area contributed by atoms with Crippen LogP contribution in [0.2, 0.25) is 0 Å². The minimum Gasteiger partial charge on any atom is -0.456 e. The predicted octanol–water partition coefficient (Wildman–Crippen LogP) is 3.41. The summed E-state index contributed by atoms with van der Waals surface area (Å²) in [7, 11) is -3.48. The van der Waals surface area contributed by atoms with Gasteiger partial charge in [0.1, 0.15) is 5.76 Å². The fraction of sp³-hybridized carbons (Fsp3) is 0.389. The molecule has 1 aliphatic heterocycles. The number of nitrogens with one attached hydrogen (secondary N) is 1. The lowest BCUT2D eigenvalue weighted by Crippen LogP contribution is -2.31. The van der Waals surface area contributed by atoms with Gasteiger partial charge in [-0.2, -0.15) is 4.31 Å². The number of nitrogens with zero attached hydrogens (tertiary/aromatic N) is 1. The van der Waals surface area contributed by atoms with E-state index in [4.69, 9.17) is 4.42 Å². The highest BCUT2D eigenvalue weighted by molar-refractivity contribution is 7.89. The van der Waals surface area contributed by atoms with Crippen molar-refractivity contribution in [3.8, 4) is 0 Å². The average Bonchev–Trinajstić information content (AvgIpc) is 2.85. The molecular weight excluding hydrogens is 340 g/mol. The van der Waals surface area contributed by atoms with E-state index in [2.05, 4.69) is 5.32 Å². The van der Waals surface area contributed by atoms with Crippen LogP contribution in [0.15, 0.2) is 45.7 Å². The first-order chi connectivity index (χ1) is 12.0. The summed E-state index contributed by atoms with van der Waals surface area (Å²) in [5.41, 5.74) is 0.522. The average molecular weight is 362 g/mol. The van der Waals surface area contributed by atoms with Crippen molar-refractivity contribution in [3.63, 3.8) is 0 Å². The Hall–Kier alpha value is -2.12. The predicted molar refractivity (Wildman–Crippen MR) is 95.1 cm³/mol. The lowest BCUT2D eigenvalue weighted by molar-refractivity contribution is 0.0995. The van der Waals surface area contributed by atoms with Gasteiger partial charge in [0.05, 0.1) is 4.90 Å². The molecule has 134 valence electrons. The van der Waals surface area contributed by atoms with Gasteiger partial charge in [-0.15, -0.1) is 0 Å². The molecule has 6 nitrogen and oxygen atoms in total. The van der Waals surface area contributed by atoms with Crippen LogP contribution in [0.25, 0.3) is 0 Å². The molecule has 0 aliphatic carbocycles. The molecule has 0 bridgehead atoms. The molecule has 0 radical (unpaired) electrons. The number of sulfonamides is 1. The van der Waals surface area contributed by atoms with Gasteiger partial charge < -0.3 is 9.73 Å². The summed E-state index contributed by atoms with van der Waals surface area (Å²) in [4.78, 5) is 12.3. The lowest BCUT2D eigenvalue weighted by atomic mass is 10.2. The van der Waals surface area contributed by atoms with E-state index in [1.54, 1.807) is 35.5 Å². The summed E-state index contributed by atoms with van der Waals surface area (Å²) < 4.78 is 32.3. The summed E-state index contributed by atoms with van der Waals surface area (Å²) in [5, 5.41) is 2.70. The maximum atomic E-state index is 12.7. The molecule has 7 heteroatoms. The lowest BCUT2D eigenvalue weighted by Gasteiger charge is -2.20. The number of anilines is 1. The van der Waals surface area contributed by atoms with E-state index < -0.39 is 10.0 Å². The fourth-order valence-corrected chi connectivity index (χ4v) is 4.41. The number of carbonyl (C=O) groups is 1. The van der Waals surface area contributed by atoms with Crippen LogP contribution in [0.1, 0.15) is 42.0 Å². The third-order valence-corrected chi connectivity index (χ3v) is 6.19. The van der Waals surface area contributed by atoms with Crippen LogP contribution in [0.4, 0.5) is 5.69 Å². The summed E-state index contributed by atoms with van der Waals surface area (Å²) in [6.45, 7) is 2.90. The van der Waals surface area contributed by atoms with Crippen LogP contribution in [-0.4, -0.2) is 31.7 Å². The number of hydrogen-bond donors (Lipinski definition) is 1. The van der Waals surface area contributed by atoms with Crippen molar-refractivity contribution >= 4 is 21.6 Å². The van der Waals surface area contributed by atoms with E-state index in [-0.39, 0.29) is 16.6 Å². The molecule has 1 amide bonds. The van der Waals surface area contributed by atoms with Crippen molar-refractivity contribution in [1.29, 1.82) is 0 Å². The monoisotopic (exact) mass is 362 g/mol. The molecule has 0 atom stereocenters. The van der Waals surface area contributed by atoms with Crippen LogP contribution in [0, 0.1) is 6.92 Å². The molecule has 0 spiro atoms. The SMILES string of the molecule is Cc1ccc(C(=O)Nc2ccc(S(=O)(=O)N3CCCCCC3)cc2)o1. The van der Waals surface area contributed by atoms with Crippen LogP contribution >= 0.6 is 0 Å². The van der Waals surface area contributed by atoms with Gasteiger partial charge >= 0.3 is 0 Å². The van der Waals surface area contributed by atoms with Crippen LogP contribution in [0.3, 0.4) is 0 Å². The molecule has 3 rings (SSSR count). The number of amides is 1. The highest BCUT2D eigenvalue weighted by atomic mass is 32.2. The molecule has 25 heavy (non-hydrogen) atoms. The normalized spacial score (nSPS) is 16.4. The standard InChI is InChI=1S/C18H22N2O4S/c1-14-6-11-17(24-14)18(21)19-15-7-9-16(10-8-15)25(22,23)20-12-4-2-3-5-13-20/h6-11H,2-5,12-13H2,1H3,(H,19,21). The first-order valence-corrected chi connectivity index (χ1v) is 9.89. The smallest absolute Gasteiger partial charge is 0.291 e. The number of furan rings is 1. The number of hydrogen-bond acceptors (Lipinski definition) is 4. The largest absolute Gasteiger partial charge is 0.456 e. The van der Waals surface area contributed by atoms with E-state index in [0.717, 1.165) is 25.7 Å². The summed E-state index contributed by atoms with van der Waals surface area (Å²) in [6, 6.07) is 9.57. The van der Waals surface area contributed by atoms with Gasteiger partial charge in [-0.25, -0.2) is 8.42 Å². The maximum absolute atomic E-state index is 12.7. The molecule has 1 aromatic heterocycles. The molecule has 0 saturated carbocycles. The maximum Gasteiger partial charge on any atom is 0.291 e. The number of benzene rings is 1. The Morgan fingerprint density at radius 2 is 1.64 bits per heavy atom. The Balaban J connectivity index is 1.72. The van der Waals surface area contributed by atoms with Crippen LogP contribution < -0.4 is 5.32 Å². The number of carbonyl (C=O) groups excluding carboxylic acids is 1. The molecule has 1 fully saturated rings. The Labute approximate surface area is 147 Å². The van der Waals surface area contributed by atoms with Crippen molar-refractivity contribution in [3.05, 3.63) is 47.9 Å². The molecule has 2 aromatic rings. The second-order valence-corrected chi connectivity index (χ2v) is 8.15. The Kier molecular flexibility index (Phi) is 5.24. The van der Waals surface area contributed by atoms with E-state index in [0.29, 0.717) is 24.5 Å². The number of aryl methyl sites for hydroxylation is 1. The van der Waals surface area contributed by atoms with Gasteiger partial charge in [0, 0.05) is 18.8 Å². The zero-order valence-electron chi connectivity index (χ0n) is 14.2. The van der Waals surface area contributed by atoms with Gasteiger partial charge in [0.25, 0.3) is 5.91 Å². The molecular formula is C18H22N2O4S. The Morgan fingerprint density at radius 1 is 1.00 bits per heavy atom. The summed E-state index contributed by atoms with van der Waals surface area (Å²) >= 11 is 0. The molecule has 1 aromatic carbocycles. The second kappa shape index (κ2) is 7.41. The molecule has 1 N–H and O–H groups in total. The van der Waals surface area contributed by atoms with Crippen molar-refractivity contribution in [1.82, 2.24) is 4.31 Å². The Bertz CT molecular complexity index is 832. The zero-order chi connectivity index (χ0) is 17.9. The van der Waals surface area contributed by atoms with Gasteiger partial charge in [-0.3, -0.25) is 4.79 Å². The third kappa shape index (κ3) is 4.11. The zero-order valence-corrected chi connectivity index (χ0v) is 15.0.